The lowest BCUT2D eigenvalue weighted by molar-refractivity contribution is -0.125. The van der Waals surface area contributed by atoms with Gasteiger partial charge in [0.2, 0.25) is 5.91 Å². The van der Waals surface area contributed by atoms with E-state index in [0.717, 1.165) is 30.4 Å². The molecule has 21 heavy (non-hydrogen) atoms. The number of carbonyl (C=O) groups excluding carboxylic acids is 1. The summed E-state index contributed by atoms with van der Waals surface area (Å²) in [6.45, 7) is 6.94. The monoisotopic (exact) mass is 370 g/mol. The molecule has 0 spiro atoms. The zero-order valence-corrected chi connectivity index (χ0v) is 15.0. The number of halogens is 1. The van der Waals surface area contributed by atoms with Gasteiger partial charge in [0.1, 0.15) is 0 Å². The highest BCUT2D eigenvalue weighted by molar-refractivity contribution is 9.10. The van der Waals surface area contributed by atoms with Crippen LogP contribution in [0, 0.1) is 5.92 Å². The van der Waals surface area contributed by atoms with E-state index in [0.29, 0.717) is 6.54 Å². The third-order valence-corrected chi connectivity index (χ3v) is 5.34. The predicted octanol–water partition coefficient (Wildman–Crippen LogP) is 3.44. The number of thioether (sulfide) groups is 1. The van der Waals surface area contributed by atoms with Gasteiger partial charge >= 0.3 is 0 Å². The lowest BCUT2D eigenvalue weighted by Crippen LogP contribution is -2.42. The van der Waals surface area contributed by atoms with Crippen molar-refractivity contribution >= 4 is 33.6 Å². The van der Waals surface area contributed by atoms with Crippen LogP contribution in [0.2, 0.25) is 0 Å². The van der Waals surface area contributed by atoms with Gasteiger partial charge in [-0.1, -0.05) is 15.9 Å². The summed E-state index contributed by atoms with van der Waals surface area (Å²) in [7, 11) is 0. The minimum absolute atomic E-state index is 0.0175. The SMILES string of the molecule is CC(C)(CNC(=O)C1CCNCC1)Sc1ccc(Br)cc1. The average Bonchev–Trinajstić information content (AvgIpc) is 2.48. The van der Waals surface area contributed by atoms with Crippen LogP contribution in [0.1, 0.15) is 26.7 Å². The molecule has 0 saturated carbocycles. The van der Waals surface area contributed by atoms with Gasteiger partial charge in [0, 0.05) is 26.6 Å². The van der Waals surface area contributed by atoms with Crippen LogP contribution < -0.4 is 10.6 Å². The fraction of sp³-hybridized carbons (Fsp3) is 0.562. The van der Waals surface area contributed by atoms with Gasteiger partial charge in [0.25, 0.3) is 0 Å². The molecule has 0 atom stereocenters. The molecule has 0 unspecified atom stereocenters. The van der Waals surface area contributed by atoms with Crippen molar-refractivity contribution in [3.8, 4) is 0 Å². The predicted molar refractivity (Wildman–Crippen MR) is 92.7 cm³/mol. The number of hydrogen-bond acceptors (Lipinski definition) is 3. The quantitative estimate of drug-likeness (QED) is 0.780. The van der Waals surface area contributed by atoms with Crippen molar-refractivity contribution in [2.75, 3.05) is 19.6 Å². The molecule has 2 N–H and O–H groups in total. The Morgan fingerprint density at radius 3 is 2.57 bits per heavy atom. The third-order valence-electron chi connectivity index (χ3n) is 3.61. The Hall–Kier alpha value is -0.520. The molecule has 1 heterocycles. The number of benzene rings is 1. The van der Waals surface area contributed by atoms with Crippen molar-refractivity contribution in [1.82, 2.24) is 10.6 Å². The zero-order valence-electron chi connectivity index (χ0n) is 12.6. The van der Waals surface area contributed by atoms with Gasteiger partial charge in [0.05, 0.1) is 0 Å². The molecule has 5 heteroatoms. The van der Waals surface area contributed by atoms with Crippen molar-refractivity contribution in [3.63, 3.8) is 0 Å². The second kappa shape index (κ2) is 7.65. The Bertz CT molecular complexity index is 470. The first-order valence-corrected chi connectivity index (χ1v) is 9.00. The lowest BCUT2D eigenvalue weighted by atomic mass is 9.97. The maximum atomic E-state index is 12.2. The van der Waals surface area contributed by atoms with Crippen LogP contribution in [0.3, 0.4) is 0 Å². The molecule has 1 amide bonds. The van der Waals surface area contributed by atoms with Crippen LogP contribution in [0.25, 0.3) is 0 Å². The second-order valence-electron chi connectivity index (χ2n) is 6.06. The fourth-order valence-electron chi connectivity index (χ4n) is 2.39. The lowest BCUT2D eigenvalue weighted by Gasteiger charge is -2.27. The number of nitrogens with one attached hydrogen (secondary N) is 2. The summed E-state index contributed by atoms with van der Waals surface area (Å²) in [5.41, 5.74) is 0. The van der Waals surface area contributed by atoms with Crippen LogP contribution in [0.4, 0.5) is 0 Å². The molecule has 1 aliphatic rings. The number of carbonyl (C=O) groups is 1. The molecular formula is C16H23BrN2OS. The van der Waals surface area contributed by atoms with E-state index >= 15 is 0 Å². The summed E-state index contributed by atoms with van der Waals surface area (Å²) in [4.78, 5) is 13.4. The molecule has 0 aliphatic carbocycles. The summed E-state index contributed by atoms with van der Waals surface area (Å²) >= 11 is 5.24. The molecule has 1 aromatic carbocycles. The maximum Gasteiger partial charge on any atom is 0.223 e. The van der Waals surface area contributed by atoms with E-state index < -0.39 is 0 Å². The van der Waals surface area contributed by atoms with E-state index in [9.17, 15) is 4.79 Å². The first-order chi connectivity index (χ1) is 9.96. The summed E-state index contributed by atoms with van der Waals surface area (Å²) in [5.74, 6) is 0.390. The minimum Gasteiger partial charge on any atom is -0.354 e. The molecule has 0 aromatic heterocycles. The molecule has 116 valence electrons. The van der Waals surface area contributed by atoms with Crippen molar-refractivity contribution in [2.45, 2.75) is 36.3 Å². The minimum atomic E-state index is -0.0175. The third kappa shape index (κ3) is 5.64. The molecule has 0 bridgehead atoms. The van der Waals surface area contributed by atoms with E-state index in [1.807, 2.05) is 12.1 Å². The Labute approximate surface area is 139 Å². The summed E-state index contributed by atoms with van der Waals surface area (Å²) < 4.78 is 1.07. The molecule has 0 radical (unpaired) electrons. The van der Waals surface area contributed by atoms with Crippen LogP contribution in [0.5, 0.6) is 0 Å². The number of hydrogen-bond donors (Lipinski definition) is 2. The van der Waals surface area contributed by atoms with Crippen molar-refractivity contribution in [3.05, 3.63) is 28.7 Å². The molecule has 1 saturated heterocycles. The normalized spacial score (nSPS) is 16.7. The Morgan fingerprint density at radius 1 is 1.33 bits per heavy atom. The number of piperidine rings is 1. The molecule has 1 aromatic rings. The van der Waals surface area contributed by atoms with Crippen LogP contribution >= 0.6 is 27.7 Å². The van der Waals surface area contributed by atoms with Crippen molar-refractivity contribution in [2.24, 2.45) is 5.92 Å². The van der Waals surface area contributed by atoms with Gasteiger partial charge in [-0.2, -0.15) is 0 Å². The standard InChI is InChI=1S/C16H23BrN2OS/c1-16(2,21-14-5-3-13(17)4-6-14)11-19-15(20)12-7-9-18-10-8-12/h3-6,12,18H,7-11H2,1-2H3,(H,19,20). The largest absolute Gasteiger partial charge is 0.354 e. The van der Waals surface area contributed by atoms with E-state index in [1.54, 1.807) is 11.8 Å². The smallest absolute Gasteiger partial charge is 0.223 e. The van der Waals surface area contributed by atoms with Crippen LogP contribution in [-0.4, -0.2) is 30.3 Å². The van der Waals surface area contributed by atoms with Gasteiger partial charge in [-0.3, -0.25) is 4.79 Å². The van der Waals surface area contributed by atoms with Gasteiger partial charge in [-0.25, -0.2) is 0 Å². The summed E-state index contributed by atoms with van der Waals surface area (Å²) in [6.07, 6.45) is 1.90. The highest BCUT2D eigenvalue weighted by atomic mass is 79.9. The molecule has 2 rings (SSSR count). The van der Waals surface area contributed by atoms with Gasteiger partial charge in [-0.05, 0) is 64.0 Å². The van der Waals surface area contributed by atoms with E-state index in [1.165, 1.54) is 4.90 Å². The zero-order chi connectivity index (χ0) is 15.3. The van der Waals surface area contributed by atoms with E-state index in [-0.39, 0.29) is 16.6 Å². The van der Waals surface area contributed by atoms with Gasteiger partial charge in [0.15, 0.2) is 0 Å². The maximum absolute atomic E-state index is 12.2. The van der Waals surface area contributed by atoms with Crippen molar-refractivity contribution in [1.29, 1.82) is 0 Å². The first kappa shape index (κ1) is 16.8. The fourth-order valence-corrected chi connectivity index (χ4v) is 3.71. The second-order valence-corrected chi connectivity index (χ2v) is 8.75. The highest BCUT2D eigenvalue weighted by Gasteiger charge is 2.24. The molecule has 1 aliphatic heterocycles. The Kier molecular flexibility index (Phi) is 6.14. The Balaban J connectivity index is 1.82. The topological polar surface area (TPSA) is 41.1 Å². The molecule has 1 fully saturated rings. The average molecular weight is 371 g/mol. The van der Waals surface area contributed by atoms with Crippen LogP contribution in [-0.2, 0) is 4.79 Å². The van der Waals surface area contributed by atoms with Crippen LogP contribution in [0.15, 0.2) is 33.6 Å². The highest BCUT2D eigenvalue weighted by Crippen LogP contribution is 2.32. The Morgan fingerprint density at radius 2 is 1.95 bits per heavy atom. The van der Waals surface area contributed by atoms with Gasteiger partial charge < -0.3 is 10.6 Å². The molecular weight excluding hydrogens is 348 g/mol. The first-order valence-electron chi connectivity index (χ1n) is 7.39. The summed E-state index contributed by atoms with van der Waals surface area (Å²) in [5, 5.41) is 6.42. The summed E-state index contributed by atoms with van der Waals surface area (Å²) in [6, 6.07) is 8.30. The number of rotatable bonds is 5. The van der Waals surface area contributed by atoms with E-state index in [2.05, 4.69) is 52.5 Å². The molecule has 3 nitrogen and oxygen atoms in total. The van der Waals surface area contributed by atoms with Gasteiger partial charge in [-0.15, -0.1) is 11.8 Å². The van der Waals surface area contributed by atoms with Crippen molar-refractivity contribution < 1.29 is 4.79 Å². The van der Waals surface area contributed by atoms with E-state index in [4.69, 9.17) is 0 Å². The number of amides is 1.